The lowest BCUT2D eigenvalue weighted by Crippen LogP contribution is -2.53. The van der Waals surface area contributed by atoms with Crippen molar-refractivity contribution in [1.82, 2.24) is 29.5 Å². The molecule has 3 aromatic rings. The van der Waals surface area contributed by atoms with Crippen molar-refractivity contribution < 1.29 is 37.9 Å². The zero-order chi connectivity index (χ0) is 41.0. The Morgan fingerprint density at radius 2 is 1.58 bits per heavy atom. The second-order valence-electron chi connectivity index (χ2n) is 16.6. The number of ether oxygens (including phenoxy) is 2. The number of aryl methyl sites for hydroxylation is 1. The summed E-state index contributed by atoms with van der Waals surface area (Å²) in [6.45, 7) is 7.19. The van der Waals surface area contributed by atoms with E-state index in [0.29, 0.717) is 88.0 Å². The molecule has 59 heavy (non-hydrogen) atoms. The van der Waals surface area contributed by atoms with Crippen LogP contribution in [0.2, 0.25) is 0 Å². The Morgan fingerprint density at radius 3 is 2.32 bits per heavy atom. The number of H-pyrrole nitrogens is 1. The molecule has 4 saturated heterocycles. The van der Waals surface area contributed by atoms with E-state index in [0.717, 1.165) is 62.1 Å². The summed E-state index contributed by atoms with van der Waals surface area (Å²) >= 11 is 0. The smallest absolute Gasteiger partial charge is 0.417 e. The highest BCUT2D eigenvalue weighted by Crippen LogP contribution is 2.28. The number of urea groups is 1. The number of fused-ring (bicyclic) bond motifs is 2. The molecule has 0 bridgehead atoms. The Balaban J connectivity index is 0.856. The van der Waals surface area contributed by atoms with Gasteiger partial charge in [-0.3, -0.25) is 19.4 Å². The number of likely N-dealkylation sites (tertiary alicyclic amines) is 4. The van der Waals surface area contributed by atoms with Crippen LogP contribution in [0.4, 0.5) is 15.3 Å². The van der Waals surface area contributed by atoms with Crippen molar-refractivity contribution in [2.45, 2.75) is 89.3 Å². The lowest BCUT2D eigenvalue weighted by atomic mass is 9.93. The number of esters is 1. The van der Waals surface area contributed by atoms with Crippen LogP contribution in [-0.4, -0.2) is 143 Å². The normalized spacial score (nSPS) is 20.7. The van der Waals surface area contributed by atoms with E-state index >= 15 is 0 Å². The summed E-state index contributed by atoms with van der Waals surface area (Å²) in [4.78, 5) is 90.0. The van der Waals surface area contributed by atoms with Crippen molar-refractivity contribution in [3.63, 3.8) is 0 Å². The van der Waals surface area contributed by atoms with Gasteiger partial charge in [0, 0.05) is 69.9 Å². The van der Waals surface area contributed by atoms with Crippen molar-refractivity contribution in [2.75, 3.05) is 70.8 Å². The molecule has 4 fully saturated rings. The number of oxazole rings is 1. The Morgan fingerprint density at radius 1 is 0.847 bits per heavy atom. The maximum atomic E-state index is 14.3. The highest BCUT2D eigenvalue weighted by atomic mass is 16.6. The van der Waals surface area contributed by atoms with E-state index in [1.807, 2.05) is 42.2 Å². The van der Waals surface area contributed by atoms with Crippen LogP contribution in [-0.2, 0) is 36.7 Å². The molecule has 5 amide bonds. The van der Waals surface area contributed by atoms with Gasteiger partial charge in [-0.1, -0.05) is 24.3 Å². The average molecular weight is 814 g/mol. The van der Waals surface area contributed by atoms with Crippen LogP contribution in [0.25, 0.3) is 11.1 Å². The van der Waals surface area contributed by atoms with E-state index in [1.54, 1.807) is 20.8 Å². The standard InChI is InChI=1S/C43H55N7O9/c1-28-25-29(26-35-38(28)45-42(55)58-35)27-36(59-43(56)49-20-13-33(14-21-49)50-22-10-30-5-2-3-6-34(30)44-41(50)54)39(52)48-18-11-32(12-19-48)46-16-8-31(9-17-46)40(53)57-24-23-47-15-4-7-37(47)51/h2-3,5-6,25-26,31-33,36H,4,7-24,27H2,1H3,(H,44,54)(H,45,55)/t36-/m1/s1. The number of rotatable bonds is 10. The van der Waals surface area contributed by atoms with Crippen LogP contribution >= 0.6 is 0 Å². The van der Waals surface area contributed by atoms with Gasteiger partial charge in [-0.15, -0.1) is 0 Å². The Bertz CT molecular complexity index is 2090. The Hall–Kier alpha value is -5.38. The minimum absolute atomic E-state index is 0.0323. The van der Waals surface area contributed by atoms with Crippen LogP contribution in [0.15, 0.2) is 45.6 Å². The molecule has 1 aromatic heterocycles. The molecule has 16 nitrogen and oxygen atoms in total. The number of nitrogens with one attached hydrogen (secondary N) is 2. The second-order valence-corrected chi connectivity index (χ2v) is 16.6. The molecule has 8 rings (SSSR count). The summed E-state index contributed by atoms with van der Waals surface area (Å²) in [6, 6.07) is 11.5. The molecule has 6 heterocycles. The molecule has 0 aliphatic carbocycles. The molecule has 316 valence electrons. The highest BCUT2D eigenvalue weighted by Gasteiger charge is 2.37. The second kappa shape index (κ2) is 17.9. The minimum atomic E-state index is -1.10. The van der Waals surface area contributed by atoms with Crippen LogP contribution in [0, 0.1) is 12.8 Å². The van der Waals surface area contributed by atoms with Crippen molar-refractivity contribution in [2.24, 2.45) is 5.92 Å². The summed E-state index contributed by atoms with van der Waals surface area (Å²) in [5.41, 5.74) is 4.37. The third-order valence-corrected chi connectivity index (χ3v) is 13.0. The molecule has 0 unspecified atom stereocenters. The van der Waals surface area contributed by atoms with Crippen LogP contribution in [0.5, 0.6) is 0 Å². The first-order valence-electron chi connectivity index (χ1n) is 21.3. The summed E-state index contributed by atoms with van der Waals surface area (Å²) in [5, 5.41) is 3.04. The molecule has 5 aliphatic heterocycles. The number of benzene rings is 2. The van der Waals surface area contributed by atoms with E-state index < -0.39 is 18.0 Å². The fraction of sp³-hybridized carbons (Fsp3) is 0.581. The number of piperidine rings is 3. The number of amides is 5. The number of nitrogens with zero attached hydrogens (tertiary/aromatic N) is 5. The maximum Gasteiger partial charge on any atom is 0.417 e. The molecule has 0 spiro atoms. The predicted molar refractivity (Wildman–Crippen MR) is 217 cm³/mol. The molecule has 1 atom stereocenters. The summed E-state index contributed by atoms with van der Waals surface area (Å²) < 4.78 is 17.0. The third kappa shape index (κ3) is 9.27. The molecule has 2 aromatic carbocycles. The fourth-order valence-electron chi connectivity index (χ4n) is 9.57. The minimum Gasteiger partial charge on any atom is -0.464 e. The van der Waals surface area contributed by atoms with Crippen molar-refractivity contribution in [3.8, 4) is 0 Å². The number of anilines is 1. The van der Waals surface area contributed by atoms with Gasteiger partial charge in [0.05, 0.1) is 18.0 Å². The number of aromatic amines is 1. The van der Waals surface area contributed by atoms with Gasteiger partial charge < -0.3 is 43.7 Å². The molecule has 0 radical (unpaired) electrons. The van der Waals surface area contributed by atoms with Gasteiger partial charge in [-0.2, -0.15) is 0 Å². The number of hydrogen-bond acceptors (Lipinski definition) is 10. The third-order valence-electron chi connectivity index (χ3n) is 13.0. The van der Waals surface area contributed by atoms with Crippen LogP contribution < -0.4 is 11.1 Å². The maximum absolute atomic E-state index is 14.3. The summed E-state index contributed by atoms with van der Waals surface area (Å²) in [7, 11) is 0. The van der Waals surface area contributed by atoms with E-state index in [-0.39, 0.29) is 54.8 Å². The first-order chi connectivity index (χ1) is 28.6. The Labute approximate surface area is 343 Å². The summed E-state index contributed by atoms with van der Waals surface area (Å²) in [6.07, 6.45) is 4.73. The number of aromatic nitrogens is 1. The zero-order valence-corrected chi connectivity index (χ0v) is 33.8. The van der Waals surface area contributed by atoms with Gasteiger partial charge in [0.15, 0.2) is 11.7 Å². The first kappa shape index (κ1) is 40.4. The lowest BCUT2D eigenvalue weighted by molar-refractivity contribution is -0.152. The van der Waals surface area contributed by atoms with Gasteiger partial charge in [-0.05, 0) is 100 Å². The van der Waals surface area contributed by atoms with Crippen LogP contribution in [0.3, 0.4) is 0 Å². The van der Waals surface area contributed by atoms with Crippen molar-refractivity contribution >= 4 is 46.7 Å². The fourth-order valence-corrected chi connectivity index (χ4v) is 9.57. The molecule has 0 saturated carbocycles. The highest BCUT2D eigenvalue weighted by molar-refractivity contribution is 5.91. The lowest BCUT2D eigenvalue weighted by Gasteiger charge is -2.42. The first-order valence-corrected chi connectivity index (χ1v) is 21.3. The van der Waals surface area contributed by atoms with Gasteiger partial charge in [0.25, 0.3) is 5.91 Å². The molecule has 2 N–H and O–H groups in total. The number of carbonyl (C=O) groups is 5. The van der Waals surface area contributed by atoms with Gasteiger partial charge >= 0.3 is 23.8 Å². The zero-order valence-electron chi connectivity index (χ0n) is 33.8. The number of hydrogen-bond donors (Lipinski definition) is 2. The Kier molecular flexibility index (Phi) is 12.2. The number of para-hydroxylation sites is 1. The monoisotopic (exact) mass is 813 g/mol. The van der Waals surface area contributed by atoms with Gasteiger partial charge in [0.1, 0.15) is 6.61 Å². The largest absolute Gasteiger partial charge is 0.464 e. The molecular weight excluding hydrogens is 759 g/mol. The topological polar surface area (TPSA) is 178 Å². The van der Waals surface area contributed by atoms with Crippen LogP contribution in [0.1, 0.15) is 68.1 Å². The van der Waals surface area contributed by atoms with E-state index in [1.165, 1.54) is 0 Å². The van der Waals surface area contributed by atoms with Gasteiger partial charge in [0.2, 0.25) is 5.91 Å². The molecular formula is C43H55N7O9. The van der Waals surface area contributed by atoms with Crippen molar-refractivity contribution in [1.29, 1.82) is 0 Å². The summed E-state index contributed by atoms with van der Waals surface area (Å²) in [5.74, 6) is -1.05. The van der Waals surface area contributed by atoms with E-state index in [9.17, 15) is 28.8 Å². The average Bonchev–Trinajstić information content (AvgIpc) is 3.79. The van der Waals surface area contributed by atoms with Crippen molar-refractivity contribution in [3.05, 3.63) is 63.6 Å². The SMILES string of the molecule is Cc1cc(C[C@@H](OC(=O)N2CCC(N3CCc4ccccc4NC3=O)CC2)C(=O)N2CCC(N3CCC(C(=O)OCCN4CCCC4=O)CC3)CC2)cc2oc(=O)[nH]c12. The quantitative estimate of drug-likeness (QED) is 0.286. The van der Waals surface area contributed by atoms with Gasteiger partial charge in [-0.25, -0.2) is 14.4 Å². The predicted octanol–water partition coefficient (Wildman–Crippen LogP) is 3.90. The van der Waals surface area contributed by atoms with E-state index in [4.69, 9.17) is 13.9 Å². The number of carbonyl (C=O) groups excluding carboxylic acids is 5. The molecule has 16 heteroatoms. The molecule has 5 aliphatic rings. The van der Waals surface area contributed by atoms with E-state index in [2.05, 4.69) is 15.2 Å².